The molecule has 2 aliphatic rings. The van der Waals surface area contributed by atoms with Gasteiger partial charge >= 0.3 is 0 Å². The highest BCUT2D eigenvalue weighted by atomic mass is 19.1. The molecule has 2 fully saturated rings. The number of alkyl halides is 1. The zero-order valence-electron chi connectivity index (χ0n) is 27.2. The van der Waals surface area contributed by atoms with E-state index in [2.05, 4.69) is 27.8 Å². The number of amides is 1. The third-order valence-electron chi connectivity index (χ3n) is 9.11. The summed E-state index contributed by atoms with van der Waals surface area (Å²) in [6.45, 7) is 11.1. The van der Waals surface area contributed by atoms with Gasteiger partial charge in [-0.3, -0.25) is 9.69 Å². The fourth-order valence-corrected chi connectivity index (χ4v) is 6.75. The van der Waals surface area contributed by atoms with Gasteiger partial charge in [0.15, 0.2) is 17.3 Å². The molecule has 2 saturated heterocycles. The van der Waals surface area contributed by atoms with Crippen molar-refractivity contribution >= 4 is 5.91 Å². The van der Waals surface area contributed by atoms with Crippen LogP contribution in [0.5, 0.6) is 11.8 Å². The van der Waals surface area contributed by atoms with Crippen LogP contribution in [0.2, 0.25) is 0 Å². The third kappa shape index (κ3) is 6.98. The highest BCUT2D eigenvalue weighted by Crippen LogP contribution is 2.40. The van der Waals surface area contributed by atoms with E-state index in [1.165, 1.54) is 30.3 Å². The van der Waals surface area contributed by atoms with E-state index in [-0.39, 0.29) is 65.1 Å². The molecule has 47 heavy (non-hydrogen) atoms. The number of likely N-dealkylation sites (tertiary alicyclic amines) is 2. The molecule has 0 bridgehead atoms. The van der Waals surface area contributed by atoms with E-state index >= 15 is 0 Å². The number of aromatic nitrogens is 3. The van der Waals surface area contributed by atoms with Crippen molar-refractivity contribution < 1.29 is 32.0 Å². The second kappa shape index (κ2) is 13.7. The smallest absolute Gasteiger partial charge is 0.246 e. The molecule has 1 amide bonds. The van der Waals surface area contributed by atoms with Crippen LogP contribution >= 0.6 is 0 Å². The van der Waals surface area contributed by atoms with Crippen LogP contribution in [0.3, 0.4) is 0 Å². The average Bonchev–Trinajstić information content (AvgIpc) is 3.57. The molecule has 3 aromatic rings. The number of likely N-dealkylation sites (N-methyl/N-ethyl adjacent to an activating group) is 1. The molecule has 13 heteroatoms. The molecule has 0 spiro atoms. The van der Waals surface area contributed by atoms with E-state index in [4.69, 9.17) is 14.0 Å². The van der Waals surface area contributed by atoms with Crippen LogP contribution < -0.4 is 9.47 Å². The first-order chi connectivity index (χ1) is 22.3. The van der Waals surface area contributed by atoms with Crippen LogP contribution in [0.1, 0.15) is 63.3 Å². The summed E-state index contributed by atoms with van der Waals surface area (Å²) in [5.74, 6) is -1.04. The summed E-state index contributed by atoms with van der Waals surface area (Å²) < 4.78 is 62.2. The molecular formula is C34H39F3N6O4. The van der Waals surface area contributed by atoms with Gasteiger partial charge in [0, 0.05) is 49.1 Å². The van der Waals surface area contributed by atoms with Gasteiger partial charge in [-0.2, -0.15) is 15.2 Å². The first kappa shape index (κ1) is 33.9. The zero-order chi connectivity index (χ0) is 34.0. The van der Waals surface area contributed by atoms with Gasteiger partial charge in [0.05, 0.1) is 24.0 Å². The SMILES string of the molecule is C=CC(=O)N1CC[C@H](Oc2cc(O[C@@H](C)[C@@H]3C[C@@H](F)CN3C)nc(-c3noc(C(C)(C)c4c(F)cccc4F)c3C)n2)C[C@H]1CC#N. The number of piperidine rings is 1. The maximum atomic E-state index is 14.9. The van der Waals surface area contributed by atoms with Crippen molar-refractivity contribution in [3.8, 4) is 29.3 Å². The number of benzene rings is 1. The molecular weight excluding hydrogens is 613 g/mol. The van der Waals surface area contributed by atoms with Crippen molar-refractivity contribution in [3.63, 3.8) is 0 Å². The zero-order valence-corrected chi connectivity index (χ0v) is 27.2. The van der Waals surface area contributed by atoms with Crippen molar-refractivity contribution in [2.45, 2.75) is 89.3 Å². The lowest BCUT2D eigenvalue weighted by Gasteiger charge is -2.37. The number of carbonyl (C=O) groups is 1. The molecule has 2 aliphatic heterocycles. The number of rotatable bonds is 10. The lowest BCUT2D eigenvalue weighted by atomic mass is 9.79. The molecule has 5 atom stereocenters. The second-order valence-electron chi connectivity index (χ2n) is 12.8. The average molecular weight is 653 g/mol. The second-order valence-corrected chi connectivity index (χ2v) is 12.8. The van der Waals surface area contributed by atoms with E-state index in [0.717, 1.165) is 0 Å². The minimum absolute atomic E-state index is 0.0954. The molecule has 250 valence electrons. The normalized spacial score (nSPS) is 22.5. The van der Waals surface area contributed by atoms with Crippen molar-refractivity contribution in [1.29, 1.82) is 5.26 Å². The van der Waals surface area contributed by atoms with Crippen molar-refractivity contribution in [2.75, 3.05) is 20.1 Å². The van der Waals surface area contributed by atoms with Crippen LogP contribution in [-0.2, 0) is 10.2 Å². The van der Waals surface area contributed by atoms with Crippen LogP contribution in [0.15, 0.2) is 41.4 Å². The molecule has 4 heterocycles. The Morgan fingerprint density at radius 3 is 2.60 bits per heavy atom. The molecule has 0 N–H and O–H groups in total. The Bertz CT molecular complexity index is 1650. The van der Waals surface area contributed by atoms with E-state index in [1.807, 2.05) is 18.9 Å². The summed E-state index contributed by atoms with van der Waals surface area (Å²) in [5.41, 5.74) is -0.713. The molecule has 10 nitrogen and oxygen atoms in total. The molecule has 0 aliphatic carbocycles. The molecule has 0 radical (unpaired) electrons. The monoisotopic (exact) mass is 652 g/mol. The van der Waals surface area contributed by atoms with E-state index in [1.54, 1.807) is 25.7 Å². The van der Waals surface area contributed by atoms with Gasteiger partial charge in [0.25, 0.3) is 0 Å². The third-order valence-corrected chi connectivity index (χ3v) is 9.11. The van der Waals surface area contributed by atoms with Gasteiger partial charge in [0.1, 0.15) is 30.0 Å². The van der Waals surface area contributed by atoms with Crippen molar-refractivity contribution in [3.05, 3.63) is 65.4 Å². The fourth-order valence-electron chi connectivity index (χ4n) is 6.75. The molecule has 0 unspecified atom stereocenters. The van der Waals surface area contributed by atoms with Gasteiger partial charge in [-0.25, -0.2) is 13.2 Å². The van der Waals surface area contributed by atoms with Crippen molar-refractivity contribution in [2.24, 2.45) is 0 Å². The Morgan fingerprint density at radius 2 is 1.96 bits per heavy atom. The number of hydrogen-bond donors (Lipinski definition) is 0. The minimum Gasteiger partial charge on any atom is -0.474 e. The molecule has 2 aromatic heterocycles. The summed E-state index contributed by atoms with van der Waals surface area (Å²) in [5, 5.41) is 13.6. The van der Waals surface area contributed by atoms with E-state index < -0.39 is 29.3 Å². The largest absolute Gasteiger partial charge is 0.474 e. The lowest BCUT2D eigenvalue weighted by Crippen LogP contribution is -2.48. The number of nitrogens with zero attached hydrogens (tertiary/aromatic N) is 6. The van der Waals surface area contributed by atoms with Gasteiger partial charge in [-0.15, -0.1) is 0 Å². The number of halogens is 3. The Labute approximate surface area is 272 Å². The van der Waals surface area contributed by atoms with Gasteiger partial charge in [-0.05, 0) is 59.4 Å². The fraction of sp³-hybridized carbons (Fsp3) is 0.500. The van der Waals surface area contributed by atoms with Crippen LogP contribution in [0.4, 0.5) is 13.2 Å². The molecule has 0 saturated carbocycles. The van der Waals surface area contributed by atoms with Crippen LogP contribution in [-0.4, -0.2) is 81.4 Å². The predicted octanol–water partition coefficient (Wildman–Crippen LogP) is 5.69. The Balaban J connectivity index is 1.49. The highest BCUT2D eigenvalue weighted by Gasteiger charge is 2.38. The topological polar surface area (TPSA) is 118 Å². The summed E-state index contributed by atoms with van der Waals surface area (Å²) in [4.78, 5) is 25.1. The van der Waals surface area contributed by atoms with Crippen LogP contribution in [0, 0.1) is 29.9 Å². The maximum absolute atomic E-state index is 14.9. The van der Waals surface area contributed by atoms with Crippen molar-refractivity contribution in [1.82, 2.24) is 24.9 Å². The predicted molar refractivity (Wildman–Crippen MR) is 166 cm³/mol. The van der Waals surface area contributed by atoms with Gasteiger partial charge in [0.2, 0.25) is 17.7 Å². The standard InChI is InChI=1S/C34H39F3N6O4/c1-7-29(44)43-14-12-23(16-22(43)11-13-38)46-28-17-27(45-20(3)26-15-21(35)18-42(26)6)39-33(40-28)31-19(2)32(47-41-31)34(4,5)30-24(36)9-8-10-25(30)37/h7-10,17,20-23,26H,1,11-12,14-16,18H2,2-6H3/t20-,21+,22+,23-,26-/m0/s1. The Kier molecular flexibility index (Phi) is 9.91. The summed E-state index contributed by atoms with van der Waals surface area (Å²) in [6.07, 6.45) is 0.749. The quantitative estimate of drug-likeness (QED) is 0.255. The summed E-state index contributed by atoms with van der Waals surface area (Å²) in [6, 6.07) is 6.79. The summed E-state index contributed by atoms with van der Waals surface area (Å²) >= 11 is 0. The van der Waals surface area contributed by atoms with Crippen LogP contribution in [0.25, 0.3) is 11.5 Å². The first-order valence-corrected chi connectivity index (χ1v) is 15.6. The van der Waals surface area contributed by atoms with Gasteiger partial charge < -0.3 is 18.9 Å². The Hall–Kier alpha value is -4.44. The lowest BCUT2D eigenvalue weighted by molar-refractivity contribution is -0.130. The number of nitriles is 1. The van der Waals surface area contributed by atoms with E-state index in [9.17, 15) is 23.2 Å². The number of ether oxygens (including phenoxy) is 2. The Morgan fingerprint density at radius 1 is 1.26 bits per heavy atom. The molecule has 1 aromatic carbocycles. The maximum Gasteiger partial charge on any atom is 0.246 e. The summed E-state index contributed by atoms with van der Waals surface area (Å²) in [7, 11) is 1.84. The number of carbonyl (C=O) groups excluding carboxylic acids is 1. The van der Waals surface area contributed by atoms with Gasteiger partial charge in [-0.1, -0.05) is 17.8 Å². The number of hydrogen-bond acceptors (Lipinski definition) is 9. The molecule has 5 rings (SSSR count). The van der Waals surface area contributed by atoms with E-state index in [0.29, 0.717) is 37.9 Å². The first-order valence-electron chi connectivity index (χ1n) is 15.6. The minimum atomic E-state index is -1.24. The highest BCUT2D eigenvalue weighted by molar-refractivity contribution is 5.87.